The maximum Gasteiger partial charge on any atom is 0.276 e. The Labute approximate surface area is 295 Å². The Kier molecular flexibility index (Phi) is 12.1. The molecule has 0 bridgehead atoms. The average molecular weight is 703 g/mol. The van der Waals surface area contributed by atoms with Gasteiger partial charge in [0.1, 0.15) is 28.4 Å². The molecule has 2 aromatic carbocycles. The number of nitrogens with two attached hydrogens (primary N) is 3. The van der Waals surface area contributed by atoms with E-state index in [9.17, 15) is 14.4 Å². The largest absolute Gasteiger partial charge is 0.492 e. The van der Waals surface area contributed by atoms with Crippen LogP contribution in [0, 0.1) is 6.92 Å². The van der Waals surface area contributed by atoms with Crippen molar-refractivity contribution < 1.29 is 28.6 Å². The number of nitrogen functional groups attached to an aromatic ring is 1. The fraction of sp³-hybridized carbons (Fsp3) is 0.400. The summed E-state index contributed by atoms with van der Waals surface area (Å²) in [4.78, 5) is 44.5. The predicted octanol–water partition coefficient (Wildman–Crippen LogP) is 2.76. The number of allylic oxidation sites excluding steroid dienone is 1. The zero-order valence-electron chi connectivity index (χ0n) is 29.2. The van der Waals surface area contributed by atoms with E-state index in [2.05, 4.69) is 25.6 Å². The van der Waals surface area contributed by atoms with Crippen LogP contribution in [-0.2, 0) is 17.8 Å². The van der Waals surface area contributed by atoms with E-state index < -0.39 is 11.8 Å². The van der Waals surface area contributed by atoms with Crippen LogP contribution in [0.2, 0.25) is 0 Å². The second-order valence-electron chi connectivity index (χ2n) is 11.9. The molecule has 0 radical (unpaired) electrons. The number of hydrogen-bond donors (Lipinski definition) is 5. The first kappa shape index (κ1) is 36.7. The molecule has 3 heterocycles. The Balaban J connectivity index is 1.36. The third kappa shape index (κ3) is 8.95. The number of carbonyl (C=O) groups excluding carboxylic acids is 3. The zero-order chi connectivity index (χ0) is 36.5. The van der Waals surface area contributed by atoms with Crippen LogP contribution in [0.1, 0.15) is 57.2 Å². The molecule has 0 atom stereocenters. The van der Waals surface area contributed by atoms with E-state index in [0.29, 0.717) is 71.6 Å². The van der Waals surface area contributed by atoms with Crippen molar-refractivity contribution >= 4 is 46.1 Å². The molecule has 1 aliphatic heterocycles. The highest BCUT2D eigenvalue weighted by Gasteiger charge is 2.22. The lowest BCUT2D eigenvalue weighted by molar-refractivity contribution is 0.0358. The van der Waals surface area contributed by atoms with Crippen molar-refractivity contribution in [2.45, 2.75) is 40.3 Å². The molecular formula is C35H46N10O6. The minimum atomic E-state index is -0.630. The number of imidazole rings is 1. The highest BCUT2D eigenvalue weighted by Crippen LogP contribution is 2.33. The van der Waals surface area contributed by atoms with Gasteiger partial charge in [0.15, 0.2) is 0 Å². The Morgan fingerprint density at radius 2 is 1.71 bits per heavy atom. The second-order valence-corrected chi connectivity index (χ2v) is 11.9. The first-order valence-corrected chi connectivity index (χ1v) is 17.0. The Morgan fingerprint density at radius 1 is 0.980 bits per heavy atom. The zero-order valence-corrected chi connectivity index (χ0v) is 29.2. The minimum absolute atomic E-state index is 0.229. The van der Waals surface area contributed by atoms with Gasteiger partial charge in [-0.15, -0.1) is 0 Å². The van der Waals surface area contributed by atoms with Gasteiger partial charge in [0, 0.05) is 50.4 Å². The summed E-state index contributed by atoms with van der Waals surface area (Å²) in [6, 6.07) is 7.95. The highest BCUT2D eigenvalue weighted by molar-refractivity contribution is 6.04. The lowest BCUT2D eigenvalue weighted by Gasteiger charge is -2.26. The van der Waals surface area contributed by atoms with Crippen LogP contribution in [0.25, 0.3) is 11.0 Å². The summed E-state index contributed by atoms with van der Waals surface area (Å²) in [6.07, 6.45) is 4.55. The molecular weight excluding hydrogens is 656 g/mol. The number of aryl methyl sites for hydroxylation is 2. The molecule has 1 saturated heterocycles. The van der Waals surface area contributed by atoms with Gasteiger partial charge in [0.05, 0.1) is 43.3 Å². The maximum absolute atomic E-state index is 13.4. The number of hydrogen-bond acceptors (Lipinski definition) is 11. The first-order chi connectivity index (χ1) is 24.6. The maximum atomic E-state index is 13.4. The monoisotopic (exact) mass is 702 g/mol. The molecule has 8 N–H and O–H groups in total. The number of fused-ring (bicyclic) bond motifs is 1. The normalized spacial score (nSPS) is 13.5. The van der Waals surface area contributed by atoms with Crippen LogP contribution in [0.4, 0.5) is 17.3 Å². The summed E-state index contributed by atoms with van der Waals surface area (Å²) < 4.78 is 20.8. The van der Waals surface area contributed by atoms with E-state index in [4.69, 9.17) is 31.4 Å². The molecule has 16 nitrogen and oxygen atoms in total. The number of nitrogens with one attached hydrogen (secondary N) is 2. The van der Waals surface area contributed by atoms with Gasteiger partial charge >= 0.3 is 0 Å². The lowest BCUT2D eigenvalue weighted by atomic mass is 10.1. The molecule has 272 valence electrons. The summed E-state index contributed by atoms with van der Waals surface area (Å²) >= 11 is 0. The number of amides is 3. The quantitative estimate of drug-likeness (QED) is 0.0612. The number of benzene rings is 2. The Morgan fingerprint density at radius 3 is 2.41 bits per heavy atom. The number of aromatic nitrogens is 4. The SMILES string of the molecule is CCOc1cc(C(N)=O)cc2nc(NC(=O)c3cc(C)nn3CC)n(C/C=C/CNc3c(N)cc(C(N)=O)cc3OCCCN3CCOCC3)c12. The van der Waals surface area contributed by atoms with Gasteiger partial charge in [0.2, 0.25) is 17.8 Å². The number of primary amides is 2. The fourth-order valence-electron chi connectivity index (χ4n) is 5.85. The standard InChI is InChI=1S/C35H46N10O6/c1-4-45-27(17-22(3)42-45)34(48)41-35-40-26-19-24(33(38)47)21-29(50-5-2)31(26)44(35)11-7-6-9-39-30-25(36)18-23(32(37)46)20-28(30)51-14-8-10-43-12-15-49-16-13-43/h6-7,17-21,39H,4-5,8-16,36H2,1-3H3,(H2,37,46)(H2,38,47)(H,40,41,48)/b7-6+. The van der Waals surface area contributed by atoms with Crippen LogP contribution in [-0.4, -0.2) is 94.6 Å². The smallest absolute Gasteiger partial charge is 0.276 e. The third-order valence-electron chi connectivity index (χ3n) is 8.30. The van der Waals surface area contributed by atoms with Crippen molar-refractivity contribution in [2.75, 3.05) is 69.0 Å². The molecule has 3 amide bonds. The van der Waals surface area contributed by atoms with Crippen molar-refractivity contribution in [2.24, 2.45) is 11.5 Å². The van der Waals surface area contributed by atoms with E-state index >= 15 is 0 Å². The number of nitrogens with zero attached hydrogens (tertiary/aromatic N) is 5. The lowest BCUT2D eigenvalue weighted by Crippen LogP contribution is -2.37. The topological polar surface area (TPSA) is 220 Å². The number of rotatable bonds is 17. The summed E-state index contributed by atoms with van der Waals surface area (Å²) in [5.41, 5.74) is 20.9. The molecule has 2 aromatic heterocycles. The van der Waals surface area contributed by atoms with Gasteiger partial charge in [0.25, 0.3) is 5.91 Å². The highest BCUT2D eigenvalue weighted by atomic mass is 16.5. The van der Waals surface area contributed by atoms with Gasteiger partial charge in [-0.3, -0.25) is 29.3 Å². The molecule has 4 aromatic rings. The molecule has 1 fully saturated rings. The first-order valence-electron chi connectivity index (χ1n) is 17.0. The van der Waals surface area contributed by atoms with Gasteiger partial charge < -0.3 is 41.3 Å². The summed E-state index contributed by atoms with van der Waals surface area (Å²) in [7, 11) is 0. The van der Waals surface area contributed by atoms with Crippen molar-refractivity contribution in [3.05, 3.63) is 65.0 Å². The average Bonchev–Trinajstić information content (AvgIpc) is 3.67. The van der Waals surface area contributed by atoms with Gasteiger partial charge in [-0.1, -0.05) is 12.2 Å². The predicted molar refractivity (Wildman–Crippen MR) is 194 cm³/mol. The van der Waals surface area contributed by atoms with Crippen LogP contribution >= 0.6 is 0 Å². The van der Waals surface area contributed by atoms with Gasteiger partial charge in [-0.25, -0.2) is 4.98 Å². The second kappa shape index (κ2) is 16.9. The van der Waals surface area contributed by atoms with E-state index in [1.54, 1.807) is 33.5 Å². The molecule has 0 aliphatic carbocycles. The molecule has 0 unspecified atom stereocenters. The van der Waals surface area contributed by atoms with Crippen LogP contribution < -0.4 is 37.3 Å². The van der Waals surface area contributed by atoms with Crippen LogP contribution in [0.5, 0.6) is 11.5 Å². The van der Waals surface area contributed by atoms with Crippen molar-refractivity contribution in [1.29, 1.82) is 0 Å². The number of morpholine rings is 1. The molecule has 1 aliphatic rings. The summed E-state index contributed by atoms with van der Waals surface area (Å²) in [6.45, 7) is 11.5. The van der Waals surface area contributed by atoms with Crippen molar-refractivity contribution in [3.63, 3.8) is 0 Å². The van der Waals surface area contributed by atoms with Crippen molar-refractivity contribution in [1.82, 2.24) is 24.2 Å². The third-order valence-corrected chi connectivity index (χ3v) is 8.30. The Hall–Kier alpha value is -5.61. The van der Waals surface area contributed by atoms with E-state index in [1.165, 1.54) is 6.07 Å². The van der Waals surface area contributed by atoms with Gasteiger partial charge in [-0.05, 0) is 57.5 Å². The number of ether oxygens (including phenoxy) is 3. The number of carbonyl (C=O) groups is 3. The molecule has 51 heavy (non-hydrogen) atoms. The molecule has 0 saturated carbocycles. The Bertz CT molecular complexity index is 1910. The minimum Gasteiger partial charge on any atom is -0.492 e. The summed E-state index contributed by atoms with van der Waals surface area (Å²) in [5.74, 6) is -0.551. The van der Waals surface area contributed by atoms with E-state index in [0.717, 1.165) is 39.3 Å². The van der Waals surface area contributed by atoms with Crippen LogP contribution in [0.3, 0.4) is 0 Å². The fourth-order valence-corrected chi connectivity index (χ4v) is 5.85. The van der Waals surface area contributed by atoms with Crippen molar-refractivity contribution in [3.8, 4) is 11.5 Å². The molecule has 0 spiro atoms. The summed E-state index contributed by atoms with van der Waals surface area (Å²) in [5, 5.41) is 10.6. The number of anilines is 3. The van der Waals surface area contributed by atoms with Gasteiger partial charge in [-0.2, -0.15) is 5.10 Å². The molecule has 5 rings (SSSR count). The van der Waals surface area contributed by atoms with E-state index in [1.807, 2.05) is 32.9 Å². The molecule has 16 heteroatoms. The van der Waals surface area contributed by atoms with E-state index in [-0.39, 0.29) is 29.5 Å². The van der Waals surface area contributed by atoms with Crippen LogP contribution in [0.15, 0.2) is 42.5 Å².